The lowest BCUT2D eigenvalue weighted by molar-refractivity contribution is 0.578. The number of benzene rings is 1. The van der Waals surface area contributed by atoms with E-state index < -0.39 is 0 Å². The highest BCUT2D eigenvalue weighted by molar-refractivity contribution is 7.79. The first-order valence-electron chi connectivity index (χ1n) is 3.89. The van der Waals surface area contributed by atoms with Gasteiger partial charge >= 0.3 is 0 Å². The molecule has 0 amide bonds. The Morgan fingerprint density at radius 2 is 2.17 bits per heavy atom. The van der Waals surface area contributed by atoms with Crippen LogP contribution in [0.4, 0.5) is 0 Å². The van der Waals surface area contributed by atoms with Gasteiger partial charge in [-0.1, -0.05) is 12.1 Å². The maximum atomic E-state index is 5.48. The smallest absolute Gasteiger partial charge is 0.134 e. The molecule has 0 aliphatic heterocycles. The third kappa shape index (κ3) is 1.23. The Labute approximate surface area is 76.8 Å². The van der Waals surface area contributed by atoms with E-state index in [1.54, 1.807) is 0 Å². The van der Waals surface area contributed by atoms with Crippen LogP contribution in [0.25, 0.3) is 11.0 Å². The van der Waals surface area contributed by atoms with Gasteiger partial charge in [0, 0.05) is 11.1 Å². The van der Waals surface area contributed by atoms with E-state index in [0.717, 1.165) is 22.5 Å². The van der Waals surface area contributed by atoms with Gasteiger partial charge in [-0.2, -0.15) is 12.6 Å². The van der Waals surface area contributed by atoms with Crippen LogP contribution in [0.15, 0.2) is 28.7 Å². The molecular formula is C10H10OS. The molecule has 62 valence electrons. The molecular weight excluding hydrogens is 168 g/mol. The monoisotopic (exact) mass is 178 g/mol. The van der Waals surface area contributed by atoms with Crippen molar-refractivity contribution in [2.45, 2.75) is 12.7 Å². The first-order valence-corrected chi connectivity index (χ1v) is 4.53. The molecule has 1 heterocycles. The normalized spacial score (nSPS) is 10.8. The average molecular weight is 178 g/mol. The highest BCUT2D eigenvalue weighted by Gasteiger charge is 1.99. The van der Waals surface area contributed by atoms with Gasteiger partial charge < -0.3 is 4.42 Å². The zero-order valence-corrected chi connectivity index (χ0v) is 7.77. The predicted molar refractivity (Wildman–Crippen MR) is 53.6 cm³/mol. The van der Waals surface area contributed by atoms with Gasteiger partial charge in [0.15, 0.2) is 0 Å². The maximum Gasteiger partial charge on any atom is 0.134 e. The standard InChI is InChI=1S/C10H10OS/c1-7-4-9-3-2-8(6-12)5-10(9)11-7/h2-5,12H,6H2,1H3. The van der Waals surface area contributed by atoms with Gasteiger partial charge in [0.25, 0.3) is 0 Å². The summed E-state index contributed by atoms with van der Waals surface area (Å²) >= 11 is 4.20. The summed E-state index contributed by atoms with van der Waals surface area (Å²) in [5.74, 6) is 1.72. The van der Waals surface area contributed by atoms with Crippen molar-refractivity contribution in [1.29, 1.82) is 0 Å². The van der Waals surface area contributed by atoms with Gasteiger partial charge in [-0.3, -0.25) is 0 Å². The van der Waals surface area contributed by atoms with Crippen LogP contribution in [0.5, 0.6) is 0 Å². The molecule has 12 heavy (non-hydrogen) atoms. The highest BCUT2D eigenvalue weighted by Crippen LogP contribution is 2.20. The zero-order chi connectivity index (χ0) is 8.55. The molecule has 0 saturated heterocycles. The van der Waals surface area contributed by atoms with E-state index in [1.165, 1.54) is 5.56 Å². The van der Waals surface area contributed by atoms with E-state index in [4.69, 9.17) is 4.42 Å². The number of rotatable bonds is 1. The van der Waals surface area contributed by atoms with E-state index >= 15 is 0 Å². The largest absolute Gasteiger partial charge is 0.461 e. The lowest BCUT2D eigenvalue weighted by Gasteiger charge is -1.93. The lowest BCUT2D eigenvalue weighted by atomic mass is 10.2. The Kier molecular flexibility index (Phi) is 1.85. The third-order valence-corrected chi connectivity index (χ3v) is 2.26. The molecule has 0 aliphatic rings. The molecule has 1 aromatic heterocycles. The summed E-state index contributed by atoms with van der Waals surface area (Å²) in [7, 11) is 0. The van der Waals surface area contributed by atoms with Crippen LogP contribution >= 0.6 is 12.6 Å². The van der Waals surface area contributed by atoms with Crippen molar-refractivity contribution in [1.82, 2.24) is 0 Å². The van der Waals surface area contributed by atoms with Gasteiger partial charge in [-0.25, -0.2) is 0 Å². The molecule has 2 rings (SSSR count). The topological polar surface area (TPSA) is 13.1 Å². The van der Waals surface area contributed by atoms with E-state index in [-0.39, 0.29) is 0 Å². The van der Waals surface area contributed by atoms with Gasteiger partial charge in [0.2, 0.25) is 0 Å². The molecule has 0 fully saturated rings. The summed E-state index contributed by atoms with van der Waals surface area (Å²) in [5.41, 5.74) is 2.15. The third-order valence-electron chi connectivity index (χ3n) is 1.89. The molecule has 0 atom stereocenters. The molecule has 0 unspecified atom stereocenters. The first-order chi connectivity index (χ1) is 5.79. The molecule has 0 spiro atoms. The van der Waals surface area contributed by atoms with Crippen molar-refractivity contribution < 1.29 is 4.42 Å². The van der Waals surface area contributed by atoms with Gasteiger partial charge in [0.05, 0.1) is 0 Å². The van der Waals surface area contributed by atoms with Crippen LogP contribution < -0.4 is 0 Å². The minimum atomic E-state index is 0.760. The highest BCUT2D eigenvalue weighted by atomic mass is 32.1. The van der Waals surface area contributed by atoms with Crippen molar-refractivity contribution in [3.05, 3.63) is 35.6 Å². The molecule has 0 radical (unpaired) electrons. The summed E-state index contributed by atoms with van der Waals surface area (Å²) in [4.78, 5) is 0. The quantitative estimate of drug-likeness (QED) is 0.662. The Morgan fingerprint density at radius 3 is 2.92 bits per heavy atom. The SMILES string of the molecule is Cc1cc2ccc(CS)cc2o1. The Morgan fingerprint density at radius 1 is 1.33 bits per heavy atom. The number of hydrogen-bond acceptors (Lipinski definition) is 2. The lowest BCUT2D eigenvalue weighted by Crippen LogP contribution is -1.74. The fourth-order valence-electron chi connectivity index (χ4n) is 1.31. The molecule has 2 heteroatoms. The summed E-state index contributed by atoms with van der Waals surface area (Å²) in [5, 5.41) is 1.16. The summed E-state index contributed by atoms with van der Waals surface area (Å²) in [6, 6.07) is 8.22. The average Bonchev–Trinajstić information content (AvgIpc) is 2.43. The predicted octanol–water partition coefficient (Wildman–Crippen LogP) is 3.17. The minimum absolute atomic E-state index is 0.760. The summed E-state index contributed by atoms with van der Waals surface area (Å²) in [6.07, 6.45) is 0. The second kappa shape index (κ2) is 2.87. The van der Waals surface area contributed by atoms with Crippen molar-refractivity contribution in [3.63, 3.8) is 0 Å². The van der Waals surface area contributed by atoms with Crippen LogP contribution in [0.2, 0.25) is 0 Å². The van der Waals surface area contributed by atoms with Crippen molar-refractivity contribution >= 4 is 23.6 Å². The van der Waals surface area contributed by atoms with Gasteiger partial charge in [-0.15, -0.1) is 0 Å². The van der Waals surface area contributed by atoms with Crippen molar-refractivity contribution in [3.8, 4) is 0 Å². The number of fused-ring (bicyclic) bond motifs is 1. The Bertz CT molecular complexity index is 403. The second-order valence-corrected chi connectivity index (χ2v) is 3.20. The molecule has 1 nitrogen and oxygen atoms in total. The van der Waals surface area contributed by atoms with Gasteiger partial charge in [0.1, 0.15) is 11.3 Å². The molecule has 0 aliphatic carbocycles. The van der Waals surface area contributed by atoms with E-state index in [0.29, 0.717) is 0 Å². The van der Waals surface area contributed by atoms with E-state index in [9.17, 15) is 0 Å². The molecule has 0 saturated carbocycles. The second-order valence-electron chi connectivity index (χ2n) is 2.89. The fourth-order valence-corrected chi connectivity index (χ4v) is 1.50. The molecule has 0 N–H and O–H groups in total. The number of furan rings is 1. The number of aryl methyl sites for hydroxylation is 1. The summed E-state index contributed by atoms with van der Waals surface area (Å²) in [6.45, 7) is 1.96. The number of thiol groups is 1. The Hall–Kier alpha value is -0.890. The molecule has 2 aromatic rings. The zero-order valence-electron chi connectivity index (χ0n) is 6.87. The van der Waals surface area contributed by atoms with Crippen LogP contribution in [0, 0.1) is 6.92 Å². The van der Waals surface area contributed by atoms with Crippen molar-refractivity contribution in [2.24, 2.45) is 0 Å². The summed E-state index contributed by atoms with van der Waals surface area (Å²) < 4.78 is 5.48. The molecule has 0 bridgehead atoms. The van der Waals surface area contributed by atoms with E-state index in [2.05, 4.69) is 24.8 Å². The Balaban J connectivity index is 2.66. The van der Waals surface area contributed by atoms with Crippen LogP contribution in [-0.4, -0.2) is 0 Å². The number of hydrogen-bond donors (Lipinski definition) is 1. The minimum Gasteiger partial charge on any atom is -0.461 e. The fraction of sp³-hybridized carbons (Fsp3) is 0.200. The van der Waals surface area contributed by atoms with Gasteiger partial charge in [-0.05, 0) is 24.6 Å². The van der Waals surface area contributed by atoms with Crippen LogP contribution in [0.1, 0.15) is 11.3 Å². The van der Waals surface area contributed by atoms with Crippen LogP contribution in [-0.2, 0) is 5.75 Å². The van der Waals surface area contributed by atoms with Crippen molar-refractivity contribution in [2.75, 3.05) is 0 Å². The van der Waals surface area contributed by atoms with Crippen LogP contribution in [0.3, 0.4) is 0 Å². The molecule has 1 aromatic carbocycles. The maximum absolute atomic E-state index is 5.48. The first kappa shape index (κ1) is 7.74. The van der Waals surface area contributed by atoms with E-state index in [1.807, 2.05) is 19.1 Å².